The Kier molecular flexibility index (Phi) is 7.14. The third kappa shape index (κ3) is 6.55. The number of carbonyl (C=O) groups is 1. The largest absolute Gasteiger partial charge is 0.573 e. The van der Waals surface area contributed by atoms with Crippen LogP contribution in [-0.2, 0) is 4.74 Å². The summed E-state index contributed by atoms with van der Waals surface area (Å²) in [6.07, 6.45) is -4.18. The fourth-order valence-corrected chi connectivity index (χ4v) is 3.54. The van der Waals surface area contributed by atoms with Gasteiger partial charge in [-0.2, -0.15) is 5.10 Å². The smallest absolute Gasteiger partial charge is 0.444 e. The topological polar surface area (TPSA) is 59.8 Å². The van der Waals surface area contributed by atoms with Crippen LogP contribution in [0.15, 0.2) is 30.3 Å². The van der Waals surface area contributed by atoms with E-state index >= 15 is 0 Å². The van der Waals surface area contributed by atoms with Crippen molar-refractivity contribution >= 4 is 11.9 Å². The van der Waals surface area contributed by atoms with E-state index in [0.29, 0.717) is 31.9 Å². The summed E-state index contributed by atoms with van der Waals surface area (Å²) in [7, 11) is 0. The molecular weight excluding hydrogens is 437 g/mol. The van der Waals surface area contributed by atoms with Gasteiger partial charge >= 0.3 is 12.5 Å². The molecule has 1 unspecified atom stereocenters. The van der Waals surface area contributed by atoms with Crippen molar-refractivity contribution in [2.75, 3.05) is 31.1 Å². The minimum atomic E-state index is -4.73. The number of aromatic nitrogens is 2. The maximum absolute atomic E-state index is 12.5. The van der Waals surface area contributed by atoms with Crippen molar-refractivity contribution in [1.82, 2.24) is 14.7 Å². The molecule has 0 bridgehead atoms. The van der Waals surface area contributed by atoms with Gasteiger partial charge in [-0.25, -0.2) is 9.48 Å². The van der Waals surface area contributed by atoms with Crippen LogP contribution in [0, 0.1) is 0 Å². The van der Waals surface area contributed by atoms with Crippen molar-refractivity contribution in [2.45, 2.75) is 58.9 Å². The van der Waals surface area contributed by atoms with E-state index < -0.39 is 12.0 Å². The highest BCUT2D eigenvalue weighted by atomic mass is 19.4. The van der Waals surface area contributed by atoms with Gasteiger partial charge in [0.1, 0.15) is 11.4 Å². The molecule has 0 N–H and O–H groups in total. The van der Waals surface area contributed by atoms with E-state index in [4.69, 9.17) is 9.84 Å². The Labute approximate surface area is 192 Å². The number of ether oxygens (including phenoxy) is 2. The molecule has 10 heteroatoms. The van der Waals surface area contributed by atoms with Crippen molar-refractivity contribution in [3.05, 3.63) is 36.0 Å². The monoisotopic (exact) mass is 468 g/mol. The van der Waals surface area contributed by atoms with Crippen LogP contribution in [0.1, 0.15) is 52.7 Å². The third-order valence-electron chi connectivity index (χ3n) is 5.41. The van der Waals surface area contributed by atoms with E-state index in [2.05, 4.69) is 23.5 Å². The second-order valence-electron chi connectivity index (χ2n) is 9.14. The first-order chi connectivity index (χ1) is 15.4. The maximum Gasteiger partial charge on any atom is 0.573 e. The van der Waals surface area contributed by atoms with Gasteiger partial charge in [-0.3, -0.25) is 0 Å². The normalized spacial score (nSPS) is 16.0. The number of hydrogen-bond acceptors (Lipinski definition) is 5. The first-order valence-corrected chi connectivity index (χ1v) is 11.1. The third-order valence-corrected chi connectivity index (χ3v) is 5.41. The Hall–Kier alpha value is -2.91. The number of alkyl halides is 3. The van der Waals surface area contributed by atoms with Crippen LogP contribution in [0.2, 0.25) is 0 Å². The Morgan fingerprint density at radius 1 is 1.09 bits per heavy atom. The Bertz CT molecular complexity index is 943. The summed E-state index contributed by atoms with van der Waals surface area (Å²) in [5, 5.41) is 4.75. The highest BCUT2D eigenvalue weighted by molar-refractivity contribution is 5.68. The van der Waals surface area contributed by atoms with Crippen LogP contribution >= 0.6 is 0 Å². The van der Waals surface area contributed by atoms with E-state index in [1.54, 1.807) is 21.7 Å². The fraction of sp³-hybridized carbons (Fsp3) is 0.565. The summed E-state index contributed by atoms with van der Waals surface area (Å²) >= 11 is 0. The summed E-state index contributed by atoms with van der Waals surface area (Å²) in [5.41, 5.74) is 1.07. The molecule has 1 aliphatic rings. The van der Waals surface area contributed by atoms with Crippen molar-refractivity contribution in [1.29, 1.82) is 0 Å². The lowest BCUT2D eigenvalue weighted by Gasteiger charge is -2.35. The number of nitrogens with zero attached hydrogens (tertiary/aromatic N) is 4. The van der Waals surface area contributed by atoms with Gasteiger partial charge < -0.3 is 19.3 Å². The lowest BCUT2D eigenvalue weighted by atomic mass is 10.0. The SMILES string of the molecule is CCC(C)c1cc(N2CCN(C(=O)OC(C)(C)C)CC2)nn1-c1ccc(OC(F)(F)F)cc1. The summed E-state index contributed by atoms with van der Waals surface area (Å²) in [4.78, 5) is 16.1. The van der Waals surface area contributed by atoms with E-state index in [-0.39, 0.29) is 17.8 Å². The van der Waals surface area contributed by atoms with Crippen molar-refractivity contribution in [2.24, 2.45) is 0 Å². The lowest BCUT2D eigenvalue weighted by molar-refractivity contribution is -0.274. The van der Waals surface area contributed by atoms with Crippen LogP contribution in [0.3, 0.4) is 0 Å². The van der Waals surface area contributed by atoms with Crippen molar-refractivity contribution in [3.8, 4) is 11.4 Å². The van der Waals surface area contributed by atoms with Crippen LogP contribution in [0.5, 0.6) is 5.75 Å². The van der Waals surface area contributed by atoms with Gasteiger partial charge in [0, 0.05) is 37.9 Å². The quantitative estimate of drug-likeness (QED) is 0.593. The fourth-order valence-electron chi connectivity index (χ4n) is 3.54. The van der Waals surface area contributed by atoms with Gasteiger partial charge in [-0.05, 0) is 57.4 Å². The zero-order valence-electron chi connectivity index (χ0n) is 19.6. The standard InChI is InChI=1S/C23H31F3N4O3/c1-6-16(2)19-15-20(28-11-13-29(14-12-28)21(31)33-22(3,4)5)27-30(19)17-7-9-18(10-8-17)32-23(24,25)26/h7-10,15-16H,6,11-14H2,1-5H3. The Balaban J connectivity index is 1.77. The molecule has 182 valence electrons. The number of amides is 1. The maximum atomic E-state index is 12.5. The Morgan fingerprint density at radius 3 is 2.21 bits per heavy atom. The van der Waals surface area contributed by atoms with Crippen LogP contribution < -0.4 is 9.64 Å². The summed E-state index contributed by atoms with van der Waals surface area (Å²) in [6, 6.07) is 7.69. The van der Waals surface area contributed by atoms with Crippen molar-refractivity contribution < 1.29 is 27.4 Å². The first kappa shape index (κ1) is 24.7. The Morgan fingerprint density at radius 2 is 1.70 bits per heavy atom. The van der Waals surface area contributed by atoms with E-state index in [0.717, 1.165) is 17.9 Å². The predicted octanol–water partition coefficient (Wildman–Crippen LogP) is 5.34. The minimum Gasteiger partial charge on any atom is -0.444 e. The molecule has 1 fully saturated rings. The van der Waals surface area contributed by atoms with E-state index in [1.807, 2.05) is 26.8 Å². The molecule has 1 aromatic heterocycles. The molecular formula is C23H31F3N4O3. The first-order valence-electron chi connectivity index (χ1n) is 11.1. The number of rotatable bonds is 5. The molecule has 0 spiro atoms. The molecule has 2 heterocycles. The van der Waals surface area contributed by atoms with E-state index in [1.165, 1.54) is 12.1 Å². The molecule has 7 nitrogen and oxygen atoms in total. The zero-order chi connectivity index (χ0) is 24.4. The lowest BCUT2D eigenvalue weighted by Crippen LogP contribution is -2.50. The molecule has 33 heavy (non-hydrogen) atoms. The molecule has 0 radical (unpaired) electrons. The molecule has 1 saturated heterocycles. The van der Waals surface area contributed by atoms with Gasteiger partial charge in [-0.15, -0.1) is 13.2 Å². The zero-order valence-corrected chi connectivity index (χ0v) is 19.6. The number of halogens is 3. The van der Waals surface area contributed by atoms with Crippen LogP contribution in [0.4, 0.5) is 23.8 Å². The average molecular weight is 469 g/mol. The second kappa shape index (κ2) is 9.52. The van der Waals surface area contributed by atoms with Crippen molar-refractivity contribution in [3.63, 3.8) is 0 Å². The summed E-state index contributed by atoms with van der Waals surface area (Å²) in [5.74, 6) is 0.687. The highest BCUT2D eigenvalue weighted by Gasteiger charge is 2.31. The number of carbonyl (C=O) groups excluding carboxylic acids is 1. The number of hydrogen-bond donors (Lipinski definition) is 0. The molecule has 0 saturated carbocycles. The van der Waals surface area contributed by atoms with Crippen LogP contribution in [0.25, 0.3) is 5.69 Å². The molecule has 0 aliphatic carbocycles. The molecule has 1 aliphatic heterocycles. The van der Waals surface area contributed by atoms with Gasteiger partial charge in [-0.1, -0.05) is 13.8 Å². The molecule has 2 aromatic rings. The molecule has 1 amide bonds. The number of benzene rings is 1. The van der Waals surface area contributed by atoms with Gasteiger partial charge in [0.25, 0.3) is 0 Å². The average Bonchev–Trinajstić information content (AvgIpc) is 3.17. The van der Waals surface area contributed by atoms with Gasteiger partial charge in [0.05, 0.1) is 5.69 Å². The van der Waals surface area contributed by atoms with E-state index in [9.17, 15) is 18.0 Å². The summed E-state index contributed by atoms with van der Waals surface area (Å²) in [6.45, 7) is 11.9. The number of anilines is 1. The minimum absolute atomic E-state index is 0.195. The molecule has 3 rings (SSSR count). The molecule has 1 aromatic carbocycles. The van der Waals surface area contributed by atoms with Gasteiger partial charge in [0.15, 0.2) is 5.82 Å². The second-order valence-corrected chi connectivity index (χ2v) is 9.14. The number of piperazine rings is 1. The van der Waals surface area contributed by atoms with Gasteiger partial charge in [0.2, 0.25) is 0 Å². The molecule has 1 atom stereocenters. The predicted molar refractivity (Wildman–Crippen MR) is 119 cm³/mol. The highest BCUT2D eigenvalue weighted by Crippen LogP contribution is 2.29. The van der Waals surface area contributed by atoms with Crippen LogP contribution in [-0.4, -0.2) is 58.9 Å². The summed E-state index contributed by atoms with van der Waals surface area (Å²) < 4.78 is 48.6.